The molecule has 1 aromatic carbocycles. The van der Waals surface area contributed by atoms with Gasteiger partial charge in [0.25, 0.3) is 0 Å². The highest BCUT2D eigenvalue weighted by Gasteiger charge is 2.25. The second-order valence-electron chi connectivity index (χ2n) is 7.46. The van der Waals surface area contributed by atoms with Gasteiger partial charge < -0.3 is 20.9 Å². The number of urea groups is 2. The van der Waals surface area contributed by atoms with E-state index in [1.54, 1.807) is 24.3 Å². The van der Waals surface area contributed by atoms with Crippen LogP contribution in [0.5, 0.6) is 0 Å². The van der Waals surface area contributed by atoms with E-state index in [4.69, 9.17) is 11.6 Å². The quantitative estimate of drug-likeness (QED) is 0.763. The molecule has 0 radical (unpaired) electrons. The number of nitrogens with one attached hydrogen (secondary N) is 3. The van der Waals surface area contributed by atoms with Gasteiger partial charge in [-0.15, -0.1) is 0 Å². The summed E-state index contributed by atoms with van der Waals surface area (Å²) in [5.41, 5.74) is 0.437. The fraction of sp³-hybridized carbons (Fsp3) is 0.556. The van der Waals surface area contributed by atoms with Gasteiger partial charge in [0.1, 0.15) is 0 Å². The molecule has 1 aliphatic heterocycles. The van der Waals surface area contributed by atoms with Gasteiger partial charge in [-0.3, -0.25) is 0 Å². The number of likely N-dealkylation sites (tertiary alicyclic amines) is 1. The summed E-state index contributed by atoms with van der Waals surface area (Å²) >= 11 is 5.90. The Morgan fingerprint density at radius 3 is 2.52 bits per heavy atom. The Labute approximate surface area is 154 Å². The molecule has 1 fully saturated rings. The summed E-state index contributed by atoms with van der Waals surface area (Å²) in [5.74, 6) is 0.379. The number of hydrogen-bond acceptors (Lipinski definition) is 2. The molecule has 0 saturated carbocycles. The van der Waals surface area contributed by atoms with Crippen LogP contribution in [0.1, 0.15) is 33.6 Å². The lowest BCUT2D eigenvalue weighted by molar-refractivity contribution is 0.162. The number of anilines is 1. The number of rotatable bonds is 3. The average Bonchev–Trinajstić information content (AvgIpc) is 2.52. The third-order valence-electron chi connectivity index (χ3n) is 4.02. The fourth-order valence-electron chi connectivity index (χ4n) is 2.72. The number of carbonyl (C=O) groups excluding carboxylic acids is 2. The van der Waals surface area contributed by atoms with Crippen molar-refractivity contribution >= 4 is 29.4 Å². The highest BCUT2D eigenvalue weighted by molar-refractivity contribution is 6.30. The maximum atomic E-state index is 12.1. The van der Waals surface area contributed by atoms with Gasteiger partial charge in [0.15, 0.2) is 0 Å². The van der Waals surface area contributed by atoms with Crippen LogP contribution in [-0.2, 0) is 0 Å². The van der Waals surface area contributed by atoms with Gasteiger partial charge in [0.2, 0.25) is 0 Å². The lowest BCUT2D eigenvalue weighted by Crippen LogP contribution is -2.51. The van der Waals surface area contributed by atoms with E-state index in [0.717, 1.165) is 12.8 Å². The summed E-state index contributed by atoms with van der Waals surface area (Å²) in [4.78, 5) is 25.9. The second kappa shape index (κ2) is 8.43. The van der Waals surface area contributed by atoms with Crippen LogP contribution in [0.15, 0.2) is 24.3 Å². The molecule has 7 heteroatoms. The molecule has 138 valence electrons. The summed E-state index contributed by atoms with van der Waals surface area (Å²) in [7, 11) is 0. The normalized spacial score (nSPS) is 15.6. The van der Waals surface area contributed by atoms with Crippen LogP contribution >= 0.6 is 11.6 Å². The molecule has 0 bridgehead atoms. The van der Waals surface area contributed by atoms with Gasteiger partial charge in [-0.25, -0.2) is 9.59 Å². The predicted molar refractivity (Wildman–Crippen MR) is 101 cm³/mol. The standard InChI is InChI=1S/C18H27ClN4O2/c1-18(2,3)22-17(25)23-9-7-13(8-10-23)12-20-16(24)21-15-6-4-5-14(19)11-15/h4-6,11,13H,7-10,12H2,1-3H3,(H,22,25)(H2,20,21,24). The van der Waals surface area contributed by atoms with E-state index in [1.807, 2.05) is 25.7 Å². The molecule has 0 atom stereocenters. The Hall–Kier alpha value is -1.95. The van der Waals surface area contributed by atoms with Crippen molar-refractivity contribution in [3.63, 3.8) is 0 Å². The van der Waals surface area contributed by atoms with Gasteiger partial charge in [0.05, 0.1) is 0 Å². The molecule has 25 heavy (non-hydrogen) atoms. The minimum absolute atomic E-state index is 0.0161. The predicted octanol–water partition coefficient (Wildman–Crippen LogP) is 3.68. The van der Waals surface area contributed by atoms with E-state index < -0.39 is 0 Å². The molecular formula is C18H27ClN4O2. The van der Waals surface area contributed by atoms with Crippen LogP contribution in [0.3, 0.4) is 0 Å². The summed E-state index contributed by atoms with van der Waals surface area (Å²) in [6, 6.07) is 6.78. The monoisotopic (exact) mass is 366 g/mol. The average molecular weight is 367 g/mol. The molecule has 1 aromatic rings. The van der Waals surface area contributed by atoms with Gasteiger partial charge in [0, 0.05) is 35.9 Å². The molecule has 0 aliphatic carbocycles. The smallest absolute Gasteiger partial charge is 0.319 e. The van der Waals surface area contributed by atoms with E-state index in [1.165, 1.54) is 0 Å². The Kier molecular flexibility index (Phi) is 6.53. The zero-order valence-corrected chi connectivity index (χ0v) is 15.8. The third-order valence-corrected chi connectivity index (χ3v) is 4.25. The lowest BCUT2D eigenvalue weighted by atomic mass is 9.97. The molecule has 1 aliphatic rings. The zero-order valence-electron chi connectivity index (χ0n) is 15.1. The van der Waals surface area contributed by atoms with Crippen molar-refractivity contribution in [3.8, 4) is 0 Å². The zero-order chi connectivity index (χ0) is 18.4. The Morgan fingerprint density at radius 1 is 1.24 bits per heavy atom. The number of halogens is 1. The fourth-order valence-corrected chi connectivity index (χ4v) is 2.91. The largest absolute Gasteiger partial charge is 0.338 e. The van der Waals surface area contributed by atoms with E-state index in [0.29, 0.717) is 36.3 Å². The summed E-state index contributed by atoms with van der Waals surface area (Å²) in [6.07, 6.45) is 1.77. The van der Waals surface area contributed by atoms with Gasteiger partial charge in [-0.05, 0) is 57.7 Å². The highest BCUT2D eigenvalue weighted by atomic mass is 35.5. The molecule has 0 spiro atoms. The Balaban J connectivity index is 1.70. The Morgan fingerprint density at radius 2 is 1.92 bits per heavy atom. The number of amides is 4. The van der Waals surface area contributed by atoms with E-state index in [-0.39, 0.29) is 17.6 Å². The van der Waals surface area contributed by atoms with E-state index >= 15 is 0 Å². The molecule has 3 N–H and O–H groups in total. The van der Waals surface area contributed by atoms with Crippen molar-refractivity contribution in [3.05, 3.63) is 29.3 Å². The topological polar surface area (TPSA) is 73.5 Å². The van der Waals surface area contributed by atoms with Gasteiger partial charge in [-0.2, -0.15) is 0 Å². The van der Waals surface area contributed by atoms with Crippen molar-refractivity contribution in [1.82, 2.24) is 15.5 Å². The van der Waals surface area contributed by atoms with Crippen molar-refractivity contribution < 1.29 is 9.59 Å². The number of piperidine rings is 1. The molecule has 1 saturated heterocycles. The minimum atomic E-state index is -0.241. The third kappa shape index (κ3) is 6.82. The van der Waals surface area contributed by atoms with Crippen LogP contribution in [0.2, 0.25) is 5.02 Å². The maximum Gasteiger partial charge on any atom is 0.319 e. The summed E-state index contributed by atoms with van der Waals surface area (Å²) in [6.45, 7) is 7.94. The van der Waals surface area contributed by atoms with Gasteiger partial charge >= 0.3 is 12.1 Å². The molecule has 4 amide bonds. The first-order chi connectivity index (χ1) is 11.7. The highest BCUT2D eigenvalue weighted by Crippen LogP contribution is 2.18. The molecular weight excluding hydrogens is 340 g/mol. The molecule has 6 nitrogen and oxygen atoms in total. The number of nitrogens with zero attached hydrogens (tertiary/aromatic N) is 1. The van der Waals surface area contributed by atoms with Crippen LogP contribution in [0.4, 0.5) is 15.3 Å². The van der Waals surface area contributed by atoms with Crippen LogP contribution in [0, 0.1) is 5.92 Å². The van der Waals surface area contributed by atoms with E-state index in [2.05, 4.69) is 16.0 Å². The number of benzene rings is 1. The lowest BCUT2D eigenvalue weighted by Gasteiger charge is -2.34. The summed E-state index contributed by atoms with van der Waals surface area (Å²) in [5, 5.41) is 9.22. The summed E-state index contributed by atoms with van der Waals surface area (Å²) < 4.78 is 0. The van der Waals surface area contributed by atoms with Crippen molar-refractivity contribution in [2.24, 2.45) is 5.92 Å². The first-order valence-corrected chi connectivity index (χ1v) is 8.98. The van der Waals surface area contributed by atoms with Crippen LogP contribution < -0.4 is 16.0 Å². The SMILES string of the molecule is CC(C)(C)NC(=O)N1CCC(CNC(=O)Nc2cccc(Cl)c2)CC1. The molecule has 2 rings (SSSR count). The van der Waals surface area contributed by atoms with Crippen molar-refractivity contribution in [1.29, 1.82) is 0 Å². The maximum absolute atomic E-state index is 12.1. The van der Waals surface area contributed by atoms with Crippen LogP contribution in [-0.4, -0.2) is 42.1 Å². The molecule has 0 unspecified atom stereocenters. The second-order valence-corrected chi connectivity index (χ2v) is 7.89. The first kappa shape index (κ1) is 19.4. The molecule has 0 aromatic heterocycles. The number of hydrogen-bond donors (Lipinski definition) is 3. The first-order valence-electron chi connectivity index (χ1n) is 8.60. The number of carbonyl (C=O) groups is 2. The van der Waals surface area contributed by atoms with Gasteiger partial charge in [-0.1, -0.05) is 17.7 Å². The minimum Gasteiger partial charge on any atom is -0.338 e. The van der Waals surface area contributed by atoms with Crippen LogP contribution in [0.25, 0.3) is 0 Å². The van der Waals surface area contributed by atoms with Crippen molar-refractivity contribution in [2.45, 2.75) is 39.2 Å². The van der Waals surface area contributed by atoms with Crippen molar-refractivity contribution in [2.75, 3.05) is 25.0 Å². The molecule has 1 heterocycles. The Bertz CT molecular complexity index is 607. The van der Waals surface area contributed by atoms with E-state index in [9.17, 15) is 9.59 Å².